The van der Waals surface area contributed by atoms with E-state index in [9.17, 15) is 19.8 Å². The molecule has 1 amide bonds. The number of esters is 1. The number of carbonyl (C=O) groups excluding carboxylic acids is 2. The summed E-state index contributed by atoms with van der Waals surface area (Å²) in [5.41, 5.74) is -1.18. The molecule has 2 aliphatic heterocycles. The molecule has 2 saturated heterocycles. The lowest BCUT2D eigenvalue weighted by Gasteiger charge is -2.64. The van der Waals surface area contributed by atoms with Crippen LogP contribution in [0.5, 0.6) is 0 Å². The summed E-state index contributed by atoms with van der Waals surface area (Å²) in [6, 6.07) is 0. The van der Waals surface area contributed by atoms with Crippen LogP contribution in [0.4, 0.5) is 0 Å². The second-order valence-corrected chi connectivity index (χ2v) is 20.7. The van der Waals surface area contributed by atoms with Gasteiger partial charge < -0.3 is 38.8 Å². The average Bonchev–Trinajstić information content (AvgIpc) is 4.01. The smallest absolute Gasteiger partial charge is 0.332 e. The van der Waals surface area contributed by atoms with E-state index < -0.39 is 29.9 Å². The Morgan fingerprint density at radius 1 is 1.00 bits per heavy atom. The number of ether oxygens (including phenoxy) is 5. The minimum atomic E-state index is -1.25. The summed E-state index contributed by atoms with van der Waals surface area (Å²) in [7, 11) is 0. The van der Waals surface area contributed by atoms with Gasteiger partial charge in [-0.1, -0.05) is 34.6 Å². The third kappa shape index (κ3) is 5.82. The molecule has 14 atom stereocenters. The van der Waals surface area contributed by atoms with E-state index in [0.717, 1.165) is 32.1 Å². The van der Waals surface area contributed by atoms with Crippen molar-refractivity contribution in [3.05, 3.63) is 0 Å². The van der Waals surface area contributed by atoms with E-state index in [-0.39, 0.29) is 76.5 Å². The normalized spacial score (nSPS) is 47.7. The topological polar surface area (TPSA) is 124 Å². The molecule has 8 rings (SSSR count). The molecule has 53 heavy (non-hydrogen) atoms. The number of morpholine rings is 1. The summed E-state index contributed by atoms with van der Waals surface area (Å²) in [4.78, 5) is 27.2. The van der Waals surface area contributed by atoms with Gasteiger partial charge in [-0.05, 0) is 136 Å². The highest BCUT2D eigenvalue weighted by Gasteiger charge is 2.84. The van der Waals surface area contributed by atoms with Crippen molar-refractivity contribution in [3.63, 3.8) is 0 Å². The molecule has 2 heterocycles. The third-order valence-corrected chi connectivity index (χ3v) is 17.3. The molecule has 0 unspecified atom stereocenters. The second-order valence-electron chi connectivity index (χ2n) is 20.7. The van der Waals surface area contributed by atoms with Crippen molar-refractivity contribution >= 4 is 11.9 Å². The van der Waals surface area contributed by atoms with E-state index in [1.165, 1.54) is 25.7 Å². The zero-order valence-electron chi connectivity index (χ0n) is 33.9. The molecule has 10 nitrogen and oxygen atoms in total. The third-order valence-electron chi connectivity index (χ3n) is 17.3. The lowest BCUT2D eigenvalue weighted by molar-refractivity contribution is -0.248. The minimum Gasteiger partial charge on any atom is -0.464 e. The predicted octanol–water partition coefficient (Wildman–Crippen LogP) is 5.89. The zero-order chi connectivity index (χ0) is 37.9. The summed E-state index contributed by atoms with van der Waals surface area (Å²) in [6.07, 6.45) is 9.19. The van der Waals surface area contributed by atoms with Gasteiger partial charge in [0.1, 0.15) is 12.7 Å². The molecular formula is C43H69NO9. The number of hydrogen-bond donors (Lipinski definition) is 2. The number of rotatable bonds is 10. The largest absolute Gasteiger partial charge is 0.464 e. The SMILES string of the molecule is CCOC(=O)CO[C@@H]([C@H]1C[C@@H](C)[C@H]2[C@H](O1)[C@H](O)[C@@]1(C)[C@@H]3CC[C@H]4C(C)(C)[C@@H](O[C@H]5CN(C(=O)CC6CC6)CCO5)CC[C@@]45C[C@@]35CC[C@]21C)C(C)(C)O. The standard InChI is InChI=1S/C43H69NO9/c1-9-49-32(46)23-51-37(39(5,6)48)27-20-25(2)34-35(52-27)36(47)41(8)29-13-12-28-38(3,4)30(14-15-42(28)24-43(29,42)17-16-40(34,41)7)53-33-22-44(18-19-50-33)31(45)21-26-10-11-26/h25-30,33-37,47-48H,9-24H2,1-8H3/t25-,27-,28+,29+,30+,33+,34+,35+,36+,37+,40-,41-,42-,43+/m1/s1. The molecule has 6 saturated carbocycles. The maximum atomic E-state index is 12.9. The van der Waals surface area contributed by atoms with Crippen molar-refractivity contribution in [1.82, 2.24) is 4.90 Å². The van der Waals surface area contributed by atoms with E-state index >= 15 is 0 Å². The van der Waals surface area contributed by atoms with Crippen molar-refractivity contribution in [2.24, 2.45) is 56.7 Å². The first-order valence-electron chi connectivity index (χ1n) is 21.3. The van der Waals surface area contributed by atoms with Crippen molar-refractivity contribution in [3.8, 4) is 0 Å². The molecule has 6 aliphatic carbocycles. The fourth-order valence-corrected chi connectivity index (χ4v) is 14.7. The van der Waals surface area contributed by atoms with E-state index in [0.29, 0.717) is 50.3 Å². The molecule has 0 aromatic rings. The Morgan fingerprint density at radius 3 is 2.42 bits per heavy atom. The van der Waals surface area contributed by atoms with E-state index in [2.05, 4.69) is 34.6 Å². The Balaban J connectivity index is 0.990. The lowest BCUT2D eigenvalue weighted by atomic mass is 9.41. The molecule has 0 aromatic carbocycles. The summed E-state index contributed by atoms with van der Waals surface area (Å²) >= 11 is 0. The Bertz CT molecular complexity index is 1430. The van der Waals surface area contributed by atoms with Crippen LogP contribution in [0.25, 0.3) is 0 Å². The summed E-state index contributed by atoms with van der Waals surface area (Å²) < 4.78 is 31.1. The van der Waals surface area contributed by atoms with Gasteiger partial charge in [0.2, 0.25) is 5.91 Å². The van der Waals surface area contributed by atoms with Crippen LogP contribution in [-0.2, 0) is 33.3 Å². The molecule has 8 fully saturated rings. The second kappa shape index (κ2) is 13.1. The monoisotopic (exact) mass is 743 g/mol. The minimum absolute atomic E-state index is 0.0270. The quantitative estimate of drug-likeness (QED) is 0.264. The van der Waals surface area contributed by atoms with Crippen LogP contribution in [-0.4, -0.2) is 102 Å². The maximum Gasteiger partial charge on any atom is 0.332 e. The van der Waals surface area contributed by atoms with Gasteiger partial charge in [0.15, 0.2) is 6.29 Å². The predicted molar refractivity (Wildman–Crippen MR) is 197 cm³/mol. The number of aliphatic hydroxyl groups is 2. The van der Waals surface area contributed by atoms with Crippen LogP contribution in [0, 0.1) is 56.7 Å². The fraction of sp³-hybridized carbons (Fsp3) is 0.953. The number of carbonyl (C=O) groups is 2. The van der Waals surface area contributed by atoms with Crippen molar-refractivity contribution in [2.45, 2.75) is 168 Å². The van der Waals surface area contributed by atoms with Gasteiger partial charge in [-0.2, -0.15) is 0 Å². The zero-order valence-corrected chi connectivity index (χ0v) is 33.9. The van der Waals surface area contributed by atoms with Crippen LogP contribution in [0.2, 0.25) is 0 Å². The van der Waals surface area contributed by atoms with E-state index in [1.807, 2.05) is 4.90 Å². The fourth-order valence-electron chi connectivity index (χ4n) is 14.7. The molecule has 0 radical (unpaired) electrons. The van der Waals surface area contributed by atoms with Gasteiger partial charge in [0.25, 0.3) is 0 Å². The molecule has 2 spiro atoms. The summed E-state index contributed by atoms with van der Waals surface area (Å²) in [5.74, 6) is 1.78. The van der Waals surface area contributed by atoms with Gasteiger partial charge in [-0.15, -0.1) is 0 Å². The average molecular weight is 744 g/mol. The van der Waals surface area contributed by atoms with Crippen LogP contribution in [0.15, 0.2) is 0 Å². The lowest BCUT2D eigenvalue weighted by Crippen LogP contribution is -2.60. The van der Waals surface area contributed by atoms with Gasteiger partial charge in [-0.25, -0.2) is 4.79 Å². The van der Waals surface area contributed by atoms with Crippen LogP contribution in [0.3, 0.4) is 0 Å². The Hall–Kier alpha value is -1.30. The van der Waals surface area contributed by atoms with Gasteiger partial charge >= 0.3 is 5.97 Å². The number of amides is 1. The van der Waals surface area contributed by atoms with Crippen LogP contribution >= 0.6 is 0 Å². The van der Waals surface area contributed by atoms with Gasteiger partial charge in [0.05, 0.1) is 49.8 Å². The number of fused-ring (bicyclic) bond motifs is 4. The van der Waals surface area contributed by atoms with Crippen molar-refractivity contribution < 1.29 is 43.5 Å². The highest BCUT2D eigenvalue weighted by atomic mass is 16.7. The highest BCUT2D eigenvalue weighted by molar-refractivity contribution is 5.76. The summed E-state index contributed by atoms with van der Waals surface area (Å²) in [6.45, 7) is 19.0. The molecular weight excluding hydrogens is 674 g/mol. The molecule has 2 N–H and O–H groups in total. The number of hydrogen-bond acceptors (Lipinski definition) is 9. The molecule has 0 aromatic heterocycles. The molecule has 8 aliphatic rings. The number of nitrogens with zero attached hydrogens (tertiary/aromatic N) is 1. The van der Waals surface area contributed by atoms with Crippen molar-refractivity contribution in [1.29, 1.82) is 0 Å². The van der Waals surface area contributed by atoms with Crippen molar-refractivity contribution in [2.75, 3.05) is 32.9 Å². The maximum absolute atomic E-state index is 12.9. The van der Waals surface area contributed by atoms with E-state index in [1.54, 1.807) is 20.8 Å². The first-order valence-corrected chi connectivity index (χ1v) is 21.3. The number of aliphatic hydroxyl groups excluding tert-OH is 1. The van der Waals surface area contributed by atoms with Gasteiger partial charge in [0, 0.05) is 18.4 Å². The Morgan fingerprint density at radius 2 is 1.72 bits per heavy atom. The van der Waals surface area contributed by atoms with Crippen LogP contribution in [0.1, 0.15) is 126 Å². The molecule has 0 bridgehead atoms. The first-order chi connectivity index (χ1) is 24.9. The highest BCUT2D eigenvalue weighted by Crippen LogP contribution is 2.89. The summed E-state index contributed by atoms with van der Waals surface area (Å²) in [5, 5.41) is 23.9. The first kappa shape index (κ1) is 38.6. The molecule has 300 valence electrons. The Labute approximate surface area is 317 Å². The molecule has 10 heteroatoms. The Kier molecular flexibility index (Phi) is 9.55. The van der Waals surface area contributed by atoms with Gasteiger partial charge in [-0.3, -0.25) is 4.79 Å². The van der Waals surface area contributed by atoms with E-state index in [4.69, 9.17) is 23.7 Å². The van der Waals surface area contributed by atoms with Crippen LogP contribution < -0.4 is 0 Å².